The molecule has 1 aromatic carbocycles. The third-order valence-electron chi connectivity index (χ3n) is 6.53. The van der Waals surface area contributed by atoms with E-state index in [1.54, 1.807) is 18.6 Å². The smallest absolute Gasteiger partial charge is 0.342 e. The van der Waals surface area contributed by atoms with Gasteiger partial charge in [0.25, 0.3) is 0 Å². The van der Waals surface area contributed by atoms with Gasteiger partial charge in [0.15, 0.2) is 0 Å². The number of piperidine rings is 1. The SMILES string of the molecule is O=C1C=CC=C2[C@@H]3c4ccccc4[C@@H](CC3(c3ccoc3)c3ccoc3)[NH+]12. The maximum atomic E-state index is 12.8. The van der Waals surface area contributed by atoms with Gasteiger partial charge in [-0.05, 0) is 29.8 Å². The predicted octanol–water partition coefficient (Wildman–Crippen LogP) is 3.27. The van der Waals surface area contributed by atoms with Gasteiger partial charge >= 0.3 is 5.91 Å². The Kier molecular flexibility index (Phi) is 2.89. The highest BCUT2D eigenvalue weighted by Crippen LogP contribution is 2.59. The molecule has 3 aliphatic heterocycles. The van der Waals surface area contributed by atoms with Gasteiger partial charge in [-0.25, -0.2) is 9.69 Å². The van der Waals surface area contributed by atoms with Crippen molar-refractivity contribution in [1.29, 1.82) is 0 Å². The summed E-state index contributed by atoms with van der Waals surface area (Å²) in [6, 6.07) is 12.7. The molecular weight excluding hydrogens is 338 g/mol. The zero-order valence-corrected chi connectivity index (χ0v) is 14.6. The molecule has 2 aromatic heterocycles. The van der Waals surface area contributed by atoms with Gasteiger partial charge in [0.1, 0.15) is 11.7 Å². The molecule has 27 heavy (non-hydrogen) atoms. The molecule has 4 nitrogen and oxygen atoms in total. The van der Waals surface area contributed by atoms with Crippen LogP contribution in [0.2, 0.25) is 0 Å². The van der Waals surface area contributed by atoms with Gasteiger partial charge < -0.3 is 8.83 Å². The standard InChI is InChI=1S/C23H17NO3/c25-21-7-3-6-19-22-18-5-2-1-4-17(18)20(24(19)21)12-23(22,15-8-10-26-13-15)16-9-11-27-14-16/h1-11,13-14,20,22H,12H2/p+1/t20-,22+/m1/s1. The summed E-state index contributed by atoms with van der Waals surface area (Å²) in [4.78, 5) is 13.8. The van der Waals surface area contributed by atoms with E-state index in [0.29, 0.717) is 0 Å². The maximum Gasteiger partial charge on any atom is 0.342 e. The lowest BCUT2D eigenvalue weighted by Gasteiger charge is -2.54. The number of allylic oxidation sites excluding steroid dienone is 3. The zero-order valence-electron chi connectivity index (χ0n) is 14.6. The van der Waals surface area contributed by atoms with Crippen molar-refractivity contribution in [2.24, 2.45) is 0 Å². The van der Waals surface area contributed by atoms with E-state index in [0.717, 1.165) is 28.1 Å². The van der Waals surface area contributed by atoms with Crippen molar-refractivity contribution < 1.29 is 18.5 Å². The van der Waals surface area contributed by atoms with Gasteiger partial charge in [0.05, 0.1) is 31.0 Å². The van der Waals surface area contributed by atoms with Crippen LogP contribution in [0.5, 0.6) is 0 Å². The van der Waals surface area contributed by atoms with Gasteiger partial charge in [-0.3, -0.25) is 0 Å². The van der Waals surface area contributed by atoms with Crippen molar-refractivity contribution in [2.45, 2.75) is 23.8 Å². The van der Waals surface area contributed by atoms with Crippen molar-refractivity contribution >= 4 is 5.91 Å². The van der Waals surface area contributed by atoms with E-state index < -0.39 is 0 Å². The fraction of sp³-hybridized carbons (Fsp3) is 0.174. The number of fused-ring (bicyclic) bond motifs is 1. The van der Waals surface area contributed by atoms with Crippen LogP contribution in [-0.2, 0) is 10.2 Å². The highest BCUT2D eigenvalue weighted by molar-refractivity contribution is 5.83. The molecule has 1 unspecified atom stereocenters. The van der Waals surface area contributed by atoms with Gasteiger partial charge in [-0.1, -0.05) is 24.3 Å². The average Bonchev–Trinajstić information content (AvgIpc) is 3.42. The maximum absolute atomic E-state index is 12.8. The first-order chi connectivity index (χ1) is 13.3. The molecule has 1 N–H and O–H groups in total. The molecule has 5 heterocycles. The fourth-order valence-electron chi connectivity index (χ4n) is 5.55. The number of nitrogens with one attached hydrogen (secondary N) is 1. The van der Waals surface area contributed by atoms with Gasteiger partial charge in [0, 0.05) is 34.6 Å². The molecule has 1 aliphatic carbocycles. The number of hydrogen-bond donors (Lipinski definition) is 1. The van der Waals surface area contributed by atoms with Crippen LogP contribution < -0.4 is 4.90 Å². The summed E-state index contributed by atoms with van der Waals surface area (Å²) in [6.07, 6.45) is 13.7. The van der Waals surface area contributed by atoms with Crippen molar-refractivity contribution in [3.63, 3.8) is 0 Å². The van der Waals surface area contributed by atoms with E-state index >= 15 is 0 Å². The number of carbonyl (C=O) groups is 1. The number of hydrogen-bond acceptors (Lipinski definition) is 3. The highest BCUT2D eigenvalue weighted by Gasteiger charge is 2.62. The quantitative estimate of drug-likeness (QED) is 0.767. The van der Waals surface area contributed by atoms with E-state index in [4.69, 9.17) is 8.83 Å². The fourth-order valence-corrected chi connectivity index (χ4v) is 5.55. The normalized spacial score (nSPS) is 27.2. The van der Waals surface area contributed by atoms with Gasteiger partial charge in [-0.15, -0.1) is 0 Å². The Bertz CT molecular complexity index is 1050. The van der Waals surface area contributed by atoms with Crippen molar-refractivity contribution in [2.75, 3.05) is 0 Å². The van der Waals surface area contributed by atoms with Gasteiger partial charge in [-0.2, -0.15) is 0 Å². The Labute approximate surface area is 156 Å². The van der Waals surface area contributed by atoms with Crippen LogP contribution in [-0.4, -0.2) is 5.91 Å². The van der Waals surface area contributed by atoms with Crippen LogP contribution in [0.25, 0.3) is 0 Å². The molecule has 3 atom stereocenters. The van der Waals surface area contributed by atoms with Crippen LogP contribution >= 0.6 is 0 Å². The molecule has 1 fully saturated rings. The molecule has 132 valence electrons. The summed E-state index contributed by atoms with van der Waals surface area (Å²) >= 11 is 0. The first kappa shape index (κ1) is 15.0. The second kappa shape index (κ2) is 5.21. The molecule has 0 saturated carbocycles. The number of furan rings is 2. The number of carbonyl (C=O) groups excluding carboxylic acids is 1. The average molecular weight is 356 g/mol. The second-order valence-corrected chi connectivity index (χ2v) is 7.57. The first-order valence-corrected chi connectivity index (χ1v) is 9.24. The van der Waals surface area contributed by atoms with Crippen LogP contribution in [0, 0.1) is 0 Å². The Morgan fingerprint density at radius 3 is 2.33 bits per heavy atom. The Morgan fingerprint density at radius 2 is 1.67 bits per heavy atom. The van der Waals surface area contributed by atoms with Gasteiger partial charge in [0.2, 0.25) is 0 Å². The third kappa shape index (κ3) is 1.78. The number of amides is 1. The Hall–Kier alpha value is -3.11. The molecule has 3 aromatic rings. The van der Waals surface area contributed by atoms with E-state index in [-0.39, 0.29) is 23.3 Å². The molecular formula is C23H18NO3+. The number of rotatable bonds is 2. The van der Waals surface area contributed by atoms with Crippen molar-refractivity contribution in [3.8, 4) is 0 Å². The zero-order chi connectivity index (χ0) is 18.0. The molecule has 0 radical (unpaired) electrons. The minimum absolute atomic E-state index is 0.0535. The molecule has 4 heteroatoms. The van der Waals surface area contributed by atoms with Crippen LogP contribution in [0.1, 0.15) is 40.6 Å². The summed E-state index contributed by atoms with van der Waals surface area (Å²) in [5, 5.41) is 0. The Balaban J connectivity index is 1.70. The molecule has 1 saturated heterocycles. The minimum Gasteiger partial charge on any atom is -0.472 e. The van der Waals surface area contributed by atoms with E-state index in [2.05, 4.69) is 42.5 Å². The van der Waals surface area contributed by atoms with Crippen molar-refractivity contribution in [1.82, 2.24) is 0 Å². The molecule has 0 spiro atoms. The summed E-state index contributed by atoms with van der Waals surface area (Å²) in [7, 11) is 0. The largest absolute Gasteiger partial charge is 0.472 e. The third-order valence-corrected chi connectivity index (χ3v) is 6.53. The van der Waals surface area contributed by atoms with Crippen LogP contribution in [0.15, 0.2) is 94.2 Å². The lowest BCUT2D eigenvalue weighted by atomic mass is 9.53. The highest BCUT2D eigenvalue weighted by atomic mass is 16.3. The lowest BCUT2D eigenvalue weighted by molar-refractivity contribution is -0.826. The summed E-state index contributed by atoms with van der Waals surface area (Å²) in [5.41, 5.74) is 5.68. The molecule has 1 amide bonds. The summed E-state index contributed by atoms with van der Waals surface area (Å²) in [6.45, 7) is 0. The topological polar surface area (TPSA) is 47.8 Å². The number of quaternary nitrogens is 1. The first-order valence-electron chi connectivity index (χ1n) is 9.24. The molecule has 4 aliphatic rings. The minimum atomic E-state index is -0.306. The van der Waals surface area contributed by atoms with E-state index in [9.17, 15) is 4.79 Å². The summed E-state index contributed by atoms with van der Waals surface area (Å²) in [5.74, 6) is 0.197. The van der Waals surface area contributed by atoms with Crippen molar-refractivity contribution in [3.05, 3.63) is 108 Å². The molecule has 7 rings (SSSR count). The number of benzene rings is 1. The second-order valence-electron chi connectivity index (χ2n) is 7.57. The monoisotopic (exact) mass is 356 g/mol. The predicted molar refractivity (Wildman–Crippen MR) is 97.9 cm³/mol. The van der Waals surface area contributed by atoms with E-state index in [1.807, 2.05) is 18.6 Å². The summed E-state index contributed by atoms with van der Waals surface area (Å²) < 4.78 is 11.0. The van der Waals surface area contributed by atoms with E-state index in [1.165, 1.54) is 11.1 Å². The Morgan fingerprint density at radius 1 is 0.963 bits per heavy atom. The molecule has 2 bridgehead atoms. The van der Waals surface area contributed by atoms with Crippen LogP contribution in [0.3, 0.4) is 0 Å². The lowest BCUT2D eigenvalue weighted by Crippen LogP contribution is -3.16. The van der Waals surface area contributed by atoms with Crippen LogP contribution in [0.4, 0.5) is 0 Å².